The van der Waals surface area contributed by atoms with Gasteiger partial charge in [0.15, 0.2) is 0 Å². The lowest BCUT2D eigenvalue weighted by atomic mass is 9.86. The molecule has 1 unspecified atom stereocenters. The molecule has 0 spiro atoms. The highest BCUT2D eigenvalue weighted by Gasteiger charge is 2.45. The average molecular weight is 398 g/mol. The van der Waals surface area contributed by atoms with E-state index in [0.29, 0.717) is 46.9 Å². The summed E-state index contributed by atoms with van der Waals surface area (Å²) >= 11 is 6.17. The first-order valence-electron chi connectivity index (χ1n) is 8.29. The maximum atomic E-state index is 13.5. The summed E-state index contributed by atoms with van der Waals surface area (Å²) in [5.74, 6) is -1.14. The number of rotatable bonds is 3. The van der Waals surface area contributed by atoms with E-state index in [9.17, 15) is 9.36 Å². The Morgan fingerprint density at radius 1 is 1.27 bits per heavy atom. The van der Waals surface area contributed by atoms with Gasteiger partial charge in [0.2, 0.25) is 0 Å². The van der Waals surface area contributed by atoms with Crippen molar-refractivity contribution in [2.45, 2.75) is 26.2 Å². The normalized spacial score (nSPS) is 22.8. The molecule has 1 saturated heterocycles. The number of methoxy groups -OCH3 is 1. The van der Waals surface area contributed by atoms with E-state index in [1.807, 2.05) is 6.07 Å². The number of allylic oxidation sites excluding steroid dienone is 3. The van der Waals surface area contributed by atoms with Crippen LogP contribution >= 0.6 is 19.2 Å². The van der Waals surface area contributed by atoms with Crippen molar-refractivity contribution in [3.63, 3.8) is 0 Å². The van der Waals surface area contributed by atoms with Gasteiger partial charge in [-0.3, -0.25) is 4.57 Å². The smallest absolute Gasteiger partial charge is 0.360 e. The molecule has 1 aromatic rings. The van der Waals surface area contributed by atoms with Crippen LogP contribution in [0.15, 0.2) is 46.5 Å². The highest BCUT2D eigenvalue weighted by atomic mass is 35.5. The van der Waals surface area contributed by atoms with Gasteiger partial charge in [-0.1, -0.05) is 23.7 Å². The van der Waals surface area contributed by atoms with E-state index < -0.39 is 19.5 Å². The number of hydrogen-bond donors (Lipinski definition) is 1. The van der Waals surface area contributed by atoms with Crippen LogP contribution in [-0.2, 0) is 23.1 Å². The first kappa shape index (κ1) is 19.2. The topological polar surface area (TPSA) is 73.9 Å². The summed E-state index contributed by atoms with van der Waals surface area (Å²) in [4.78, 5) is 12.5. The molecule has 0 aliphatic carbocycles. The Morgan fingerprint density at radius 3 is 2.58 bits per heavy atom. The monoisotopic (exact) mass is 397 g/mol. The molecule has 0 radical (unpaired) electrons. The average Bonchev–Trinajstić information content (AvgIpc) is 2.61. The van der Waals surface area contributed by atoms with E-state index in [4.69, 9.17) is 25.4 Å². The standard InChI is InChI=1S/C18H21ClNO5P/c1-11-15(18(21)23-3)16(13-6-4-7-14(19)10-13)17(12(2)20-11)26(22)24-8-5-9-25-26/h4,6-7,10,16,20H,5,8-9H2,1-3H3. The molecule has 0 aromatic heterocycles. The predicted octanol–water partition coefficient (Wildman–Crippen LogP) is 4.34. The van der Waals surface area contributed by atoms with Gasteiger partial charge >= 0.3 is 13.6 Å². The third-order valence-electron chi connectivity index (χ3n) is 4.42. The van der Waals surface area contributed by atoms with E-state index in [1.54, 1.807) is 32.0 Å². The molecule has 1 aromatic carbocycles. The van der Waals surface area contributed by atoms with Crippen LogP contribution in [0.5, 0.6) is 0 Å². The second kappa shape index (κ2) is 7.57. The second-order valence-electron chi connectivity index (χ2n) is 6.17. The summed E-state index contributed by atoms with van der Waals surface area (Å²) in [6.45, 7) is 4.26. The van der Waals surface area contributed by atoms with Gasteiger partial charge < -0.3 is 19.1 Å². The van der Waals surface area contributed by atoms with Crippen molar-refractivity contribution in [1.29, 1.82) is 0 Å². The highest BCUT2D eigenvalue weighted by molar-refractivity contribution is 7.58. The van der Waals surface area contributed by atoms with Gasteiger partial charge in [-0.15, -0.1) is 0 Å². The minimum absolute atomic E-state index is 0.340. The van der Waals surface area contributed by atoms with Crippen molar-refractivity contribution in [2.75, 3.05) is 20.3 Å². The number of nitrogens with one attached hydrogen (secondary N) is 1. The summed E-state index contributed by atoms with van der Waals surface area (Å²) in [7, 11) is -2.25. The Balaban J connectivity index is 2.21. The van der Waals surface area contributed by atoms with Gasteiger partial charge in [0.25, 0.3) is 0 Å². The molecule has 26 heavy (non-hydrogen) atoms. The molecule has 2 aliphatic heterocycles. The molecule has 0 bridgehead atoms. The lowest BCUT2D eigenvalue weighted by Crippen LogP contribution is -2.30. The summed E-state index contributed by atoms with van der Waals surface area (Å²) in [5, 5.41) is 4.06. The Kier molecular flexibility index (Phi) is 5.58. The van der Waals surface area contributed by atoms with E-state index in [0.717, 1.165) is 5.56 Å². The van der Waals surface area contributed by atoms with Gasteiger partial charge in [-0.05, 0) is 38.0 Å². The van der Waals surface area contributed by atoms with Crippen LogP contribution in [0.3, 0.4) is 0 Å². The number of ether oxygens (including phenoxy) is 1. The van der Waals surface area contributed by atoms with Crippen LogP contribution in [0.4, 0.5) is 0 Å². The predicted molar refractivity (Wildman–Crippen MR) is 98.9 cm³/mol. The van der Waals surface area contributed by atoms with Crippen molar-refractivity contribution >= 4 is 25.2 Å². The first-order chi connectivity index (χ1) is 12.4. The number of esters is 1. The lowest BCUT2D eigenvalue weighted by molar-refractivity contribution is -0.136. The van der Waals surface area contributed by atoms with Crippen molar-refractivity contribution in [3.05, 3.63) is 57.1 Å². The number of dihydropyridines is 1. The Hall–Kier alpha value is -1.59. The van der Waals surface area contributed by atoms with E-state index in [2.05, 4.69) is 5.32 Å². The number of benzene rings is 1. The molecule has 3 rings (SSSR count). The molecule has 2 heterocycles. The molecule has 6 nitrogen and oxygen atoms in total. The molecule has 2 aliphatic rings. The largest absolute Gasteiger partial charge is 0.466 e. The minimum atomic E-state index is -3.56. The summed E-state index contributed by atoms with van der Waals surface area (Å²) in [6.07, 6.45) is 0.671. The zero-order chi connectivity index (χ0) is 18.9. The number of carbonyl (C=O) groups is 1. The molecule has 8 heteroatoms. The molecule has 1 N–H and O–H groups in total. The van der Waals surface area contributed by atoms with Crippen LogP contribution in [0, 0.1) is 0 Å². The van der Waals surface area contributed by atoms with Crippen molar-refractivity contribution in [2.24, 2.45) is 0 Å². The van der Waals surface area contributed by atoms with Gasteiger partial charge in [-0.25, -0.2) is 4.79 Å². The van der Waals surface area contributed by atoms with Crippen LogP contribution in [0.1, 0.15) is 31.7 Å². The van der Waals surface area contributed by atoms with Crippen molar-refractivity contribution in [3.8, 4) is 0 Å². The molecule has 140 valence electrons. The maximum Gasteiger partial charge on any atom is 0.360 e. The number of hydrogen-bond acceptors (Lipinski definition) is 6. The molecule has 1 atom stereocenters. The highest BCUT2D eigenvalue weighted by Crippen LogP contribution is 2.65. The molecular formula is C18H21ClNO5P. The third-order valence-corrected chi connectivity index (χ3v) is 6.88. The zero-order valence-corrected chi connectivity index (χ0v) is 16.5. The van der Waals surface area contributed by atoms with Crippen molar-refractivity contribution in [1.82, 2.24) is 5.32 Å². The lowest BCUT2D eigenvalue weighted by Gasteiger charge is -2.35. The maximum absolute atomic E-state index is 13.5. The number of carbonyl (C=O) groups excluding carboxylic acids is 1. The number of halogens is 1. The van der Waals surface area contributed by atoms with E-state index >= 15 is 0 Å². The van der Waals surface area contributed by atoms with Gasteiger partial charge in [0.1, 0.15) is 0 Å². The Morgan fingerprint density at radius 2 is 1.96 bits per heavy atom. The quantitative estimate of drug-likeness (QED) is 0.604. The molecule has 0 amide bonds. The molecular weight excluding hydrogens is 377 g/mol. The van der Waals surface area contributed by atoms with Crippen LogP contribution in [0.2, 0.25) is 5.02 Å². The third kappa shape index (κ3) is 3.47. The zero-order valence-electron chi connectivity index (χ0n) is 14.9. The summed E-state index contributed by atoms with van der Waals surface area (Å²) < 4.78 is 29.6. The fourth-order valence-corrected chi connectivity index (χ4v) is 5.69. The first-order valence-corrected chi connectivity index (χ1v) is 10.2. The van der Waals surface area contributed by atoms with E-state index in [-0.39, 0.29) is 0 Å². The van der Waals surface area contributed by atoms with Crippen LogP contribution < -0.4 is 5.32 Å². The van der Waals surface area contributed by atoms with E-state index in [1.165, 1.54) is 7.11 Å². The van der Waals surface area contributed by atoms with Gasteiger partial charge in [0, 0.05) is 16.4 Å². The van der Waals surface area contributed by atoms with Crippen molar-refractivity contribution < 1.29 is 23.1 Å². The van der Waals surface area contributed by atoms with Gasteiger partial charge in [-0.2, -0.15) is 0 Å². The molecule has 1 fully saturated rings. The summed E-state index contributed by atoms with van der Waals surface area (Å²) in [6, 6.07) is 7.11. The summed E-state index contributed by atoms with van der Waals surface area (Å²) in [5.41, 5.74) is 2.36. The minimum Gasteiger partial charge on any atom is -0.466 e. The SMILES string of the molecule is COC(=O)C1=C(C)NC(C)=C(P2(=O)OCCCO2)C1c1cccc(Cl)c1. The fraction of sp³-hybridized carbons (Fsp3) is 0.389. The Bertz CT molecular complexity index is 838. The van der Waals surface area contributed by atoms with Crippen LogP contribution in [-0.4, -0.2) is 26.3 Å². The second-order valence-corrected chi connectivity index (χ2v) is 8.60. The Labute approximate surface area is 157 Å². The van der Waals surface area contributed by atoms with Crippen LogP contribution in [0.25, 0.3) is 0 Å². The van der Waals surface area contributed by atoms with Gasteiger partial charge in [0.05, 0.1) is 37.1 Å². The molecule has 0 saturated carbocycles. The fourth-order valence-electron chi connectivity index (χ4n) is 3.34.